The molecule has 4 rings (SSSR count). The van der Waals surface area contributed by atoms with Gasteiger partial charge in [-0.15, -0.1) is 0 Å². The van der Waals surface area contributed by atoms with Gasteiger partial charge in [-0.1, -0.05) is 26.2 Å². The van der Waals surface area contributed by atoms with Gasteiger partial charge in [0.2, 0.25) is 0 Å². The minimum Gasteiger partial charge on any atom is -0.398 e. The average molecular weight is 436 g/mol. The Morgan fingerprint density at radius 1 is 1.19 bits per heavy atom. The zero-order valence-electron chi connectivity index (χ0n) is 19.4. The first-order chi connectivity index (χ1) is 15.3. The summed E-state index contributed by atoms with van der Waals surface area (Å²) < 4.78 is 16.4. The molecule has 0 spiro atoms. The van der Waals surface area contributed by atoms with Gasteiger partial charge < -0.3 is 16.0 Å². The van der Waals surface area contributed by atoms with Gasteiger partial charge in [-0.05, 0) is 86.1 Å². The smallest absolute Gasteiger partial charge is 0.132 e. The molecule has 1 aliphatic rings. The first-order valence-corrected chi connectivity index (χ1v) is 11.7. The van der Waals surface area contributed by atoms with E-state index in [1.807, 2.05) is 25.1 Å². The number of nitrogen functional groups attached to an aromatic ring is 1. The molecular weight excluding hydrogens is 401 g/mol. The van der Waals surface area contributed by atoms with Crippen molar-refractivity contribution in [2.45, 2.75) is 71.8 Å². The van der Waals surface area contributed by atoms with Crippen molar-refractivity contribution >= 4 is 22.4 Å². The summed E-state index contributed by atoms with van der Waals surface area (Å²) in [5, 5.41) is 1.08. The van der Waals surface area contributed by atoms with E-state index in [9.17, 15) is 9.18 Å². The van der Waals surface area contributed by atoms with Crippen molar-refractivity contribution in [2.24, 2.45) is 11.7 Å². The van der Waals surface area contributed by atoms with Crippen molar-refractivity contribution in [1.82, 2.24) is 4.57 Å². The highest BCUT2D eigenvalue weighted by molar-refractivity contribution is 5.92. The quantitative estimate of drug-likeness (QED) is 0.471. The summed E-state index contributed by atoms with van der Waals surface area (Å²) in [5.74, 6) is 0.298. The van der Waals surface area contributed by atoms with Crippen LogP contribution in [0.3, 0.4) is 0 Å². The Balaban J connectivity index is 2.07. The molecule has 1 aromatic heterocycles. The Morgan fingerprint density at radius 3 is 2.53 bits per heavy atom. The van der Waals surface area contributed by atoms with Crippen LogP contribution in [0.15, 0.2) is 30.3 Å². The molecule has 4 nitrogen and oxygen atoms in total. The fraction of sp³-hybridized carbons (Fsp3) is 0.444. The summed E-state index contributed by atoms with van der Waals surface area (Å²) in [6.07, 6.45) is 6.58. The second kappa shape index (κ2) is 9.07. The van der Waals surface area contributed by atoms with E-state index in [0.717, 1.165) is 35.0 Å². The second-order valence-corrected chi connectivity index (χ2v) is 9.46. The molecule has 5 heteroatoms. The fourth-order valence-corrected chi connectivity index (χ4v) is 5.17. The molecular formula is C27H34FN3O. The highest BCUT2D eigenvalue weighted by Crippen LogP contribution is 2.42. The number of nitrogens with two attached hydrogens (primary N) is 2. The lowest BCUT2D eigenvalue weighted by atomic mass is 9.83. The molecule has 0 amide bonds. The van der Waals surface area contributed by atoms with E-state index in [4.69, 9.17) is 11.5 Å². The van der Waals surface area contributed by atoms with E-state index in [1.54, 1.807) is 19.9 Å². The summed E-state index contributed by atoms with van der Waals surface area (Å²) in [6, 6.07) is 9.42. The van der Waals surface area contributed by atoms with E-state index in [1.165, 1.54) is 30.5 Å². The van der Waals surface area contributed by atoms with E-state index < -0.39 is 0 Å². The van der Waals surface area contributed by atoms with Crippen molar-refractivity contribution in [1.29, 1.82) is 0 Å². The largest absolute Gasteiger partial charge is 0.398 e. The number of halogens is 1. The number of carbonyl (C=O) groups excluding carboxylic acids is 1. The number of fused-ring (bicyclic) bond motifs is 1. The van der Waals surface area contributed by atoms with E-state index in [0.29, 0.717) is 30.1 Å². The Bertz CT molecular complexity index is 1160. The Labute approximate surface area is 189 Å². The van der Waals surface area contributed by atoms with Gasteiger partial charge in [0.25, 0.3) is 0 Å². The molecule has 3 aromatic rings. The summed E-state index contributed by atoms with van der Waals surface area (Å²) >= 11 is 0. The standard InChI is InChI=1S/C27H34FN3O/c1-16(18(3)32)12-23-22-14-25(30)20(15-29)13-26(22)31(21-9-10-24(28)17(2)11-21)27(23)19-7-5-4-6-8-19/h9-11,13-14,16,19H,4-8,12,15,29-30H2,1-3H3. The lowest BCUT2D eigenvalue weighted by Crippen LogP contribution is -2.15. The Kier molecular flexibility index (Phi) is 6.38. The van der Waals surface area contributed by atoms with Gasteiger partial charge in [-0.3, -0.25) is 4.79 Å². The van der Waals surface area contributed by atoms with Crippen LogP contribution in [-0.2, 0) is 17.8 Å². The van der Waals surface area contributed by atoms with Crippen LogP contribution in [-0.4, -0.2) is 10.4 Å². The molecule has 0 aliphatic heterocycles. The van der Waals surface area contributed by atoms with Crippen molar-refractivity contribution in [3.8, 4) is 5.69 Å². The number of aromatic nitrogens is 1. The lowest BCUT2D eigenvalue weighted by molar-refractivity contribution is -0.120. The van der Waals surface area contributed by atoms with Gasteiger partial charge in [0, 0.05) is 34.9 Å². The van der Waals surface area contributed by atoms with Crippen LogP contribution in [0.2, 0.25) is 0 Å². The van der Waals surface area contributed by atoms with Crippen LogP contribution < -0.4 is 11.5 Å². The molecule has 0 saturated heterocycles. The van der Waals surface area contributed by atoms with Crippen LogP contribution in [0.5, 0.6) is 0 Å². The first kappa shape index (κ1) is 22.5. The number of rotatable bonds is 6. The first-order valence-electron chi connectivity index (χ1n) is 11.7. The monoisotopic (exact) mass is 435 g/mol. The minimum atomic E-state index is -0.207. The van der Waals surface area contributed by atoms with Crippen molar-refractivity contribution in [3.05, 3.63) is 58.5 Å². The van der Waals surface area contributed by atoms with E-state index in [2.05, 4.69) is 10.6 Å². The number of nitrogens with zero attached hydrogens (tertiary/aromatic N) is 1. The highest BCUT2D eigenvalue weighted by atomic mass is 19.1. The maximum absolute atomic E-state index is 14.1. The number of aryl methyl sites for hydroxylation is 1. The van der Waals surface area contributed by atoms with Gasteiger partial charge in [-0.25, -0.2) is 4.39 Å². The minimum absolute atomic E-state index is 0.0817. The van der Waals surface area contributed by atoms with Crippen molar-refractivity contribution in [3.63, 3.8) is 0 Å². The van der Waals surface area contributed by atoms with Gasteiger partial charge in [0.1, 0.15) is 11.6 Å². The molecule has 1 saturated carbocycles. The number of benzene rings is 2. The molecule has 1 atom stereocenters. The number of hydrogen-bond donors (Lipinski definition) is 2. The van der Waals surface area contributed by atoms with E-state index >= 15 is 0 Å². The third-order valence-corrected chi connectivity index (χ3v) is 7.19. The van der Waals surface area contributed by atoms with Crippen LogP contribution in [0, 0.1) is 18.7 Å². The molecule has 0 radical (unpaired) electrons. The normalized spacial score (nSPS) is 15.9. The van der Waals surface area contributed by atoms with Crippen molar-refractivity contribution in [2.75, 3.05) is 5.73 Å². The molecule has 2 aromatic carbocycles. The summed E-state index contributed by atoms with van der Waals surface area (Å²) in [7, 11) is 0. The maximum Gasteiger partial charge on any atom is 0.132 e. The van der Waals surface area contributed by atoms with Crippen LogP contribution in [0.25, 0.3) is 16.6 Å². The maximum atomic E-state index is 14.1. The lowest BCUT2D eigenvalue weighted by Gasteiger charge is -2.26. The number of anilines is 1. The average Bonchev–Trinajstić information content (AvgIpc) is 3.08. The third-order valence-electron chi connectivity index (χ3n) is 7.19. The zero-order chi connectivity index (χ0) is 23.0. The van der Waals surface area contributed by atoms with E-state index in [-0.39, 0.29) is 17.5 Å². The van der Waals surface area contributed by atoms with Gasteiger partial charge in [-0.2, -0.15) is 0 Å². The van der Waals surface area contributed by atoms with Crippen LogP contribution in [0.4, 0.5) is 10.1 Å². The predicted octanol–water partition coefficient (Wildman–Crippen LogP) is 5.93. The highest BCUT2D eigenvalue weighted by Gasteiger charge is 2.28. The molecule has 0 bridgehead atoms. The third kappa shape index (κ3) is 4.06. The van der Waals surface area contributed by atoms with Gasteiger partial charge in [0.15, 0.2) is 0 Å². The number of carbonyl (C=O) groups is 1. The molecule has 1 fully saturated rings. The summed E-state index contributed by atoms with van der Waals surface area (Å²) in [5.41, 5.74) is 19.0. The van der Waals surface area contributed by atoms with Crippen LogP contribution in [0.1, 0.15) is 74.3 Å². The molecule has 1 aliphatic carbocycles. The predicted molar refractivity (Wildman–Crippen MR) is 130 cm³/mol. The Morgan fingerprint density at radius 2 is 1.91 bits per heavy atom. The second-order valence-electron chi connectivity index (χ2n) is 9.46. The van der Waals surface area contributed by atoms with Crippen LogP contribution >= 0.6 is 0 Å². The van der Waals surface area contributed by atoms with Gasteiger partial charge in [0.05, 0.1) is 5.52 Å². The topological polar surface area (TPSA) is 74.0 Å². The SMILES string of the molecule is CC(=O)C(C)Cc1c(C2CCCCC2)n(-c2ccc(F)c(C)c2)c2cc(CN)c(N)cc12. The van der Waals surface area contributed by atoms with Gasteiger partial charge >= 0.3 is 0 Å². The number of ketones is 1. The molecule has 1 heterocycles. The molecule has 170 valence electrons. The zero-order valence-corrected chi connectivity index (χ0v) is 19.4. The Hall–Kier alpha value is -2.66. The number of hydrogen-bond acceptors (Lipinski definition) is 3. The molecule has 32 heavy (non-hydrogen) atoms. The number of Topliss-reactive ketones (excluding diaryl/α,β-unsaturated/α-hetero) is 1. The summed E-state index contributed by atoms with van der Waals surface area (Å²) in [4.78, 5) is 12.2. The fourth-order valence-electron chi connectivity index (χ4n) is 5.17. The molecule has 1 unspecified atom stereocenters. The summed E-state index contributed by atoms with van der Waals surface area (Å²) in [6.45, 7) is 5.81. The molecule has 4 N–H and O–H groups in total. The van der Waals surface area contributed by atoms with Crippen molar-refractivity contribution < 1.29 is 9.18 Å².